The minimum absolute atomic E-state index is 1.01. The number of benzene rings is 1. The third-order valence-electron chi connectivity index (χ3n) is 3.85. The van der Waals surface area contributed by atoms with Crippen LogP contribution in [0.25, 0.3) is 0 Å². The van der Waals surface area contributed by atoms with Crippen molar-refractivity contribution in [3.05, 3.63) is 64.9 Å². The lowest BCUT2D eigenvalue weighted by Crippen LogP contribution is -2.17. The molecule has 120 valence electrons. The topological polar surface area (TPSA) is 3.24 Å². The van der Waals surface area contributed by atoms with Gasteiger partial charge in [0.2, 0.25) is 0 Å². The number of anilines is 1. The molecule has 0 bridgehead atoms. The predicted octanol–water partition coefficient (Wildman–Crippen LogP) is 6.20. The zero-order valence-electron chi connectivity index (χ0n) is 15.2. The van der Waals surface area contributed by atoms with E-state index in [0.29, 0.717) is 0 Å². The largest absolute Gasteiger partial charge is 0.345 e. The van der Waals surface area contributed by atoms with Crippen molar-refractivity contribution >= 4 is 5.69 Å². The molecule has 0 saturated heterocycles. The van der Waals surface area contributed by atoms with Gasteiger partial charge >= 0.3 is 0 Å². The third kappa shape index (κ3) is 4.91. The van der Waals surface area contributed by atoms with Crippen LogP contribution in [0.15, 0.2) is 53.8 Å². The second kappa shape index (κ2) is 8.63. The van der Waals surface area contributed by atoms with Gasteiger partial charge in [-0.1, -0.05) is 50.6 Å². The van der Waals surface area contributed by atoms with Crippen LogP contribution < -0.4 is 4.90 Å². The van der Waals surface area contributed by atoms with Crippen molar-refractivity contribution in [2.45, 2.75) is 53.9 Å². The molecule has 0 atom stereocenters. The summed E-state index contributed by atoms with van der Waals surface area (Å²) in [5.41, 5.74) is 7.58. The molecule has 1 aromatic carbocycles. The highest BCUT2D eigenvalue weighted by Crippen LogP contribution is 2.25. The van der Waals surface area contributed by atoms with Crippen molar-refractivity contribution in [1.82, 2.24) is 0 Å². The lowest BCUT2D eigenvalue weighted by atomic mass is 10.0. The Morgan fingerprint density at radius 2 is 1.91 bits per heavy atom. The maximum Gasteiger partial charge on any atom is 0.0411 e. The number of aryl methyl sites for hydroxylation is 2. The number of hydrogen-bond donors (Lipinski definition) is 0. The summed E-state index contributed by atoms with van der Waals surface area (Å²) in [5.74, 6) is 0. The minimum atomic E-state index is 1.01. The van der Waals surface area contributed by atoms with Crippen LogP contribution in [0.3, 0.4) is 0 Å². The Balaban J connectivity index is 3.11. The minimum Gasteiger partial charge on any atom is -0.345 e. The molecule has 0 unspecified atom stereocenters. The van der Waals surface area contributed by atoms with Gasteiger partial charge in [-0.15, -0.1) is 0 Å². The van der Waals surface area contributed by atoms with Crippen LogP contribution in [0.4, 0.5) is 5.69 Å². The molecular formula is C21H31N. The van der Waals surface area contributed by atoms with Gasteiger partial charge in [0, 0.05) is 18.4 Å². The summed E-state index contributed by atoms with van der Waals surface area (Å²) in [6.07, 6.45) is 7.77. The van der Waals surface area contributed by atoms with Crippen molar-refractivity contribution < 1.29 is 0 Å². The Kier molecular flexibility index (Phi) is 7.17. The standard InChI is InChI=1S/C21H31N/c1-8-10-19-15-21(13-12-17(19)5)22(7)18(6)20(11-9-2)14-16(3)4/h11-15H,6,8-10H2,1-5,7H3/b20-11+. The molecule has 0 heterocycles. The van der Waals surface area contributed by atoms with Crippen molar-refractivity contribution in [1.29, 1.82) is 0 Å². The molecule has 1 aromatic rings. The van der Waals surface area contributed by atoms with Crippen molar-refractivity contribution in [3.63, 3.8) is 0 Å². The molecule has 1 heteroatoms. The fourth-order valence-corrected chi connectivity index (χ4v) is 2.55. The van der Waals surface area contributed by atoms with Crippen LogP contribution in [-0.2, 0) is 6.42 Å². The van der Waals surface area contributed by atoms with Gasteiger partial charge in [0.1, 0.15) is 0 Å². The van der Waals surface area contributed by atoms with Gasteiger partial charge in [-0.05, 0) is 62.4 Å². The Labute approximate surface area is 137 Å². The van der Waals surface area contributed by atoms with Crippen molar-refractivity contribution in [2.24, 2.45) is 0 Å². The number of rotatable bonds is 7. The van der Waals surface area contributed by atoms with Crippen molar-refractivity contribution in [3.8, 4) is 0 Å². The van der Waals surface area contributed by atoms with Crippen molar-refractivity contribution in [2.75, 3.05) is 11.9 Å². The highest BCUT2D eigenvalue weighted by Gasteiger charge is 2.10. The molecular weight excluding hydrogens is 266 g/mol. The zero-order valence-corrected chi connectivity index (χ0v) is 15.2. The second-order valence-corrected chi connectivity index (χ2v) is 6.16. The van der Waals surface area contributed by atoms with Crippen LogP contribution in [0, 0.1) is 6.92 Å². The smallest absolute Gasteiger partial charge is 0.0411 e. The molecule has 0 N–H and O–H groups in total. The van der Waals surface area contributed by atoms with E-state index in [0.717, 1.165) is 18.5 Å². The van der Waals surface area contributed by atoms with E-state index in [4.69, 9.17) is 0 Å². The average molecular weight is 297 g/mol. The molecule has 0 aliphatic carbocycles. The van der Waals surface area contributed by atoms with Crippen LogP contribution >= 0.6 is 0 Å². The molecule has 0 radical (unpaired) electrons. The summed E-state index contributed by atoms with van der Waals surface area (Å²) in [6.45, 7) is 15.1. The van der Waals surface area contributed by atoms with Crippen LogP contribution in [0.2, 0.25) is 0 Å². The number of allylic oxidation sites excluding steroid dienone is 3. The van der Waals surface area contributed by atoms with Crippen LogP contribution in [-0.4, -0.2) is 7.05 Å². The van der Waals surface area contributed by atoms with E-state index < -0.39 is 0 Å². The highest BCUT2D eigenvalue weighted by atomic mass is 15.1. The summed E-state index contributed by atoms with van der Waals surface area (Å²) in [7, 11) is 2.10. The molecule has 1 rings (SSSR count). The maximum absolute atomic E-state index is 4.31. The van der Waals surface area contributed by atoms with Gasteiger partial charge in [-0.3, -0.25) is 0 Å². The van der Waals surface area contributed by atoms with Gasteiger partial charge in [0.05, 0.1) is 0 Å². The van der Waals surface area contributed by atoms with Gasteiger partial charge in [0.15, 0.2) is 0 Å². The Morgan fingerprint density at radius 3 is 2.45 bits per heavy atom. The summed E-state index contributed by atoms with van der Waals surface area (Å²) in [6, 6.07) is 6.70. The summed E-state index contributed by atoms with van der Waals surface area (Å²) >= 11 is 0. The van der Waals surface area contributed by atoms with Crippen LogP contribution in [0.1, 0.15) is 51.7 Å². The SMILES string of the molecule is C=C(/C(C=C(C)C)=C/CC)N(C)c1ccc(C)c(CCC)c1. The van der Waals surface area contributed by atoms with Gasteiger partial charge in [-0.25, -0.2) is 0 Å². The maximum atomic E-state index is 4.31. The Hall–Kier alpha value is -1.76. The fraction of sp³-hybridized carbons (Fsp3) is 0.429. The normalized spacial score (nSPS) is 11.3. The lowest BCUT2D eigenvalue weighted by Gasteiger charge is -2.24. The second-order valence-electron chi connectivity index (χ2n) is 6.16. The average Bonchev–Trinajstić information content (AvgIpc) is 2.47. The number of nitrogens with zero attached hydrogens (tertiary/aromatic N) is 1. The quantitative estimate of drug-likeness (QED) is 0.541. The van der Waals surface area contributed by atoms with Crippen LogP contribution in [0.5, 0.6) is 0 Å². The van der Waals surface area contributed by atoms with E-state index in [1.807, 2.05) is 0 Å². The predicted molar refractivity (Wildman–Crippen MR) is 101 cm³/mol. The van der Waals surface area contributed by atoms with Gasteiger partial charge in [-0.2, -0.15) is 0 Å². The fourth-order valence-electron chi connectivity index (χ4n) is 2.55. The lowest BCUT2D eigenvalue weighted by molar-refractivity contribution is 0.911. The first-order valence-corrected chi connectivity index (χ1v) is 8.28. The Bertz CT molecular complexity index is 572. The molecule has 22 heavy (non-hydrogen) atoms. The molecule has 0 aromatic heterocycles. The number of likely N-dealkylation sites (N-methyl/N-ethyl adjacent to an activating group) is 1. The molecule has 0 aliphatic rings. The third-order valence-corrected chi connectivity index (χ3v) is 3.85. The van der Waals surface area contributed by atoms with Gasteiger partial charge in [0.25, 0.3) is 0 Å². The van der Waals surface area contributed by atoms with E-state index in [1.165, 1.54) is 34.4 Å². The first kappa shape index (κ1) is 18.3. The first-order chi connectivity index (χ1) is 10.4. The molecule has 1 nitrogen and oxygen atoms in total. The summed E-state index contributed by atoms with van der Waals surface area (Å²) < 4.78 is 0. The van der Waals surface area contributed by atoms with E-state index in [9.17, 15) is 0 Å². The molecule has 0 spiro atoms. The van der Waals surface area contributed by atoms with E-state index >= 15 is 0 Å². The summed E-state index contributed by atoms with van der Waals surface area (Å²) in [5, 5.41) is 0. The van der Waals surface area contributed by atoms with E-state index in [1.54, 1.807) is 0 Å². The highest BCUT2D eigenvalue weighted by molar-refractivity contribution is 5.59. The summed E-state index contributed by atoms with van der Waals surface area (Å²) in [4.78, 5) is 2.19. The van der Waals surface area contributed by atoms with E-state index in [-0.39, 0.29) is 0 Å². The monoisotopic (exact) mass is 297 g/mol. The zero-order chi connectivity index (χ0) is 16.7. The Morgan fingerprint density at radius 1 is 1.23 bits per heavy atom. The first-order valence-electron chi connectivity index (χ1n) is 8.28. The molecule has 0 saturated carbocycles. The molecule has 0 fully saturated rings. The number of hydrogen-bond acceptors (Lipinski definition) is 1. The molecule has 0 aliphatic heterocycles. The molecule has 0 amide bonds. The van der Waals surface area contributed by atoms with E-state index in [2.05, 4.69) is 83.5 Å². The van der Waals surface area contributed by atoms with Gasteiger partial charge < -0.3 is 4.90 Å².